The number of carbonyl (C=O) groups excluding carboxylic acids is 4. The maximum atomic E-state index is 12.2. The number of hydrogen-bond donors (Lipinski definition) is 0. The molecule has 7 nitrogen and oxygen atoms in total. The molecule has 0 atom stereocenters. The number of rotatable bonds is 8. The number of benzene rings is 2. The second-order valence-corrected chi connectivity index (χ2v) is 6.44. The predicted molar refractivity (Wildman–Crippen MR) is 104 cm³/mol. The molecule has 0 unspecified atom stereocenters. The van der Waals surface area contributed by atoms with Crippen LogP contribution in [0.3, 0.4) is 0 Å². The molecule has 2 aromatic carbocycles. The molecule has 7 heteroatoms. The summed E-state index contributed by atoms with van der Waals surface area (Å²) in [6, 6.07) is 12.9. The average molecular weight is 393 g/mol. The van der Waals surface area contributed by atoms with Gasteiger partial charge in [-0.05, 0) is 48.9 Å². The van der Waals surface area contributed by atoms with Crippen LogP contribution in [-0.4, -0.2) is 48.2 Å². The SMILES string of the molecule is C=C(C)C(=O)c1ccc(OCCOC(=O)CN2C(=O)c3ccccc3C2=O)cc1. The van der Waals surface area contributed by atoms with Gasteiger partial charge in [0.2, 0.25) is 0 Å². The number of fused-ring (bicyclic) bond motifs is 1. The summed E-state index contributed by atoms with van der Waals surface area (Å²) in [5, 5.41) is 0. The fourth-order valence-electron chi connectivity index (χ4n) is 2.82. The monoisotopic (exact) mass is 393 g/mol. The molecular weight excluding hydrogens is 374 g/mol. The van der Waals surface area contributed by atoms with Crippen molar-refractivity contribution in [3.63, 3.8) is 0 Å². The van der Waals surface area contributed by atoms with Crippen molar-refractivity contribution in [2.75, 3.05) is 19.8 Å². The number of hydrogen-bond acceptors (Lipinski definition) is 6. The normalized spacial score (nSPS) is 12.5. The fraction of sp³-hybridized carbons (Fsp3) is 0.182. The number of Topliss-reactive ketones (excluding diaryl/α,β-unsaturated/α-hetero) is 1. The van der Waals surface area contributed by atoms with Crippen LogP contribution in [0, 0.1) is 0 Å². The Morgan fingerprint density at radius 3 is 2.07 bits per heavy atom. The molecule has 148 valence electrons. The fourth-order valence-corrected chi connectivity index (χ4v) is 2.82. The summed E-state index contributed by atoms with van der Waals surface area (Å²) in [5.41, 5.74) is 1.52. The van der Waals surface area contributed by atoms with Gasteiger partial charge in [-0.2, -0.15) is 0 Å². The highest BCUT2D eigenvalue weighted by Crippen LogP contribution is 2.22. The molecule has 1 aliphatic heterocycles. The number of amides is 2. The lowest BCUT2D eigenvalue weighted by Crippen LogP contribution is -2.36. The van der Waals surface area contributed by atoms with Crippen LogP contribution >= 0.6 is 0 Å². The van der Waals surface area contributed by atoms with E-state index in [1.165, 1.54) is 0 Å². The number of esters is 1. The van der Waals surface area contributed by atoms with Gasteiger partial charge < -0.3 is 9.47 Å². The Balaban J connectivity index is 1.44. The molecule has 0 N–H and O–H groups in total. The molecule has 0 radical (unpaired) electrons. The maximum Gasteiger partial charge on any atom is 0.326 e. The third kappa shape index (κ3) is 4.40. The third-order valence-corrected chi connectivity index (χ3v) is 4.28. The summed E-state index contributed by atoms with van der Waals surface area (Å²) in [5.74, 6) is -1.35. The molecule has 29 heavy (non-hydrogen) atoms. The summed E-state index contributed by atoms with van der Waals surface area (Å²) < 4.78 is 10.5. The predicted octanol–water partition coefficient (Wildman–Crippen LogP) is 2.66. The van der Waals surface area contributed by atoms with Crippen molar-refractivity contribution in [2.45, 2.75) is 6.92 Å². The zero-order valence-electron chi connectivity index (χ0n) is 15.8. The van der Waals surface area contributed by atoms with E-state index in [9.17, 15) is 19.2 Å². The van der Waals surface area contributed by atoms with E-state index >= 15 is 0 Å². The van der Waals surface area contributed by atoms with Crippen molar-refractivity contribution >= 4 is 23.6 Å². The van der Waals surface area contributed by atoms with E-state index in [4.69, 9.17) is 9.47 Å². The molecule has 0 bridgehead atoms. The summed E-state index contributed by atoms with van der Waals surface area (Å²) in [6.07, 6.45) is 0. The largest absolute Gasteiger partial charge is 0.490 e. The summed E-state index contributed by atoms with van der Waals surface area (Å²) >= 11 is 0. The molecule has 2 aromatic rings. The Hall–Kier alpha value is -3.74. The van der Waals surface area contributed by atoms with E-state index in [0.29, 0.717) is 16.9 Å². The zero-order valence-corrected chi connectivity index (χ0v) is 15.8. The van der Waals surface area contributed by atoms with Crippen LogP contribution in [0.25, 0.3) is 0 Å². The van der Waals surface area contributed by atoms with Crippen molar-refractivity contribution in [3.05, 3.63) is 77.4 Å². The highest BCUT2D eigenvalue weighted by atomic mass is 16.6. The van der Waals surface area contributed by atoms with Crippen LogP contribution < -0.4 is 4.74 Å². The quantitative estimate of drug-likeness (QED) is 0.225. The molecule has 0 saturated heterocycles. The Bertz CT molecular complexity index is 958. The number of nitrogens with zero attached hydrogens (tertiary/aromatic N) is 1. The van der Waals surface area contributed by atoms with Crippen LogP contribution in [0.4, 0.5) is 0 Å². The van der Waals surface area contributed by atoms with Gasteiger partial charge in [0.05, 0.1) is 11.1 Å². The van der Waals surface area contributed by atoms with E-state index in [-0.39, 0.29) is 30.1 Å². The Labute approximate surface area is 167 Å². The van der Waals surface area contributed by atoms with E-state index in [1.54, 1.807) is 55.5 Å². The lowest BCUT2D eigenvalue weighted by atomic mass is 10.1. The van der Waals surface area contributed by atoms with Crippen molar-refractivity contribution in [1.82, 2.24) is 4.90 Å². The standard InChI is InChI=1S/C22H19NO6/c1-14(2)20(25)15-7-9-16(10-8-15)28-11-12-29-19(24)13-23-21(26)17-5-3-4-6-18(17)22(23)27/h3-10H,1,11-13H2,2H3. The first-order valence-corrected chi connectivity index (χ1v) is 8.92. The molecule has 0 aromatic heterocycles. The first-order valence-electron chi connectivity index (χ1n) is 8.92. The van der Waals surface area contributed by atoms with Crippen LogP contribution in [0.1, 0.15) is 38.0 Å². The minimum atomic E-state index is -0.703. The highest BCUT2D eigenvalue weighted by molar-refractivity contribution is 6.22. The van der Waals surface area contributed by atoms with Gasteiger partial charge in [0.1, 0.15) is 25.5 Å². The topological polar surface area (TPSA) is 90.0 Å². The smallest absolute Gasteiger partial charge is 0.326 e. The van der Waals surface area contributed by atoms with E-state index in [2.05, 4.69) is 6.58 Å². The Morgan fingerprint density at radius 2 is 1.52 bits per heavy atom. The first-order chi connectivity index (χ1) is 13.9. The van der Waals surface area contributed by atoms with Crippen molar-refractivity contribution in [1.29, 1.82) is 0 Å². The average Bonchev–Trinajstić information content (AvgIpc) is 2.96. The molecule has 3 rings (SSSR count). The third-order valence-electron chi connectivity index (χ3n) is 4.28. The molecule has 0 fully saturated rings. The number of imide groups is 1. The van der Waals surface area contributed by atoms with Gasteiger partial charge in [-0.1, -0.05) is 18.7 Å². The molecular formula is C22H19NO6. The minimum Gasteiger partial charge on any atom is -0.490 e. The number of allylic oxidation sites excluding steroid dienone is 1. The number of carbonyl (C=O) groups is 4. The van der Waals surface area contributed by atoms with Gasteiger partial charge in [0, 0.05) is 5.56 Å². The van der Waals surface area contributed by atoms with Crippen LogP contribution in [0.15, 0.2) is 60.7 Å². The first kappa shape index (κ1) is 20.0. The summed E-state index contributed by atoms with van der Waals surface area (Å²) in [6.45, 7) is 4.84. The van der Waals surface area contributed by atoms with Crippen LogP contribution in [-0.2, 0) is 9.53 Å². The van der Waals surface area contributed by atoms with Gasteiger partial charge >= 0.3 is 5.97 Å². The van der Waals surface area contributed by atoms with Gasteiger partial charge in [-0.25, -0.2) is 0 Å². The second kappa shape index (κ2) is 8.52. The molecule has 0 spiro atoms. The molecule has 0 aliphatic carbocycles. The van der Waals surface area contributed by atoms with Crippen LogP contribution in [0.2, 0.25) is 0 Å². The Morgan fingerprint density at radius 1 is 0.931 bits per heavy atom. The van der Waals surface area contributed by atoms with Gasteiger partial charge in [0.15, 0.2) is 5.78 Å². The molecule has 2 amide bonds. The molecule has 1 heterocycles. The van der Waals surface area contributed by atoms with Crippen LogP contribution in [0.5, 0.6) is 5.75 Å². The lowest BCUT2D eigenvalue weighted by Gasteiger charge is -2.13. The number of ketones is 1. The molecule has 0 saturated carbocycles. The summed E-state index contributed by atoms with van der Waals surface area (Å²) in [4.78, 5) is 49.1. The van der Waals surface area contributed by atoms with E-state index < -0.39 is 24.3 Å². The van der Waals surface area contributed by atoms with Crippen molar-refractivity contribution in [2.24, 2.45) is 0 Å². The van der Waals surface area contributed by atoms with E-state index in [0.717, 1.165) is 4.90 Å². The second-order valence-electron chi connectivity index (χ2n) is 6.44. The number of ether oxygens (including phenoxy) is 2. The highest BCUT2D eigenvalue weighted by Gasteiger charge is 2.36. The maximum absolute atomic E-state index is 12.2. The van der Waals surface area contributed by atoms with Gasteiger partial charge in [-0.15, -0.1) is 0 Å². The van der Waals surface area contributed by atoms with E-state index in [1.807, 2.05) is 0 Å². The molecule has 1 aliphatic rings. The zero-order chi connectivity index (χ0) is 21.0. The minimum absolute atomic E-state index is 0.0472. The van der Waals surface area contributed by atoms with Crippen molar-refractivity contribution in [3.8, 4) is 5.75 Å². The van der Waals surface area contributed by atoms with Gasteiger partial charge in [0.25, 0.3) is 11.8 Å². The van der Waals surface area contributed by atoms with Gasteiger partial charge in [-0.3, -0.25) is 24.1 Å². The van der Waals surface area contributed by atoms with Crippen molar-refractivity contribution < 1.29 is 28.7 Å². The summed E-state index contributed by atoms with van der Waals surface area (Å²) in [7, 11) is 0. The lowest BCUT2D eigenvalue weighted by molar-refractivity contribution is -0.144. The Kier molecular flexibility index (Phi) is 5.87.